The number of rotatable bonds is 11. The lowest BCUT2D eigenvalue weighted by atomic mass is 10.1. The van der Waals surface area contributed by atoms with E-state index in [-0.39, 0.29) is 24.7 Å². The first kappa shape index (κ1) is 24.6. The number of hydrogen-bond acceptors (Lipinski definition) is 6. The van der Waals surface area contributed by atoms with E-state index in [1.165, 1.54) is 0 Å². The molecule has 0 atom stereocenters. The van der Waals surface area contributed by atoms with Crippen molar-refractivity contribution in [1.82, 2.24) is 10.9 Å². The average Bonchev–Trinajstić information content (AvgIpc) is 2.81. The van der Waals surface area contributed by atoms with Crippen LogP contribution in [0, 0.1) is 0 Å². The van der Waals surface area contributed by atoms with Crippen LogP contribution in [-0.2, 0) is 9.59 Å². The fourth-order valence-electron chi connectivity index (χ4n) is 2.68. The zero-order valence-electron chi connectivity index (χ0n) is 19.0. The summed E-state index contributed by atoms with van der Waals surface area (Å²) in [6.45, 7) is 8.63. The summed E-state index contributed by atoms with van der Waals surface area (Å²) in [6.07, 6.45) is 0.00697. The molecule has 0 saturated carbocycles. The Morgan fingerprint density at radius 1 is 0.688 bits per heavy atom. The number of benzene rings is 2. The molecule has 170 valence electrons. The maximum atomic E-state index is 12.0. The van der Waals surface area contributed by atoms with Crippen LogP contribution in [0.2, 0.25) is 0 Å². The number of hydrazone groups is 2. The van der Waals surface area contributed by atoms with Gasteiger partial charge in [0.1, 0.15) is 11.5 Å². The fourth-order valence-corrected chi connectivity index (χ4v) is 2.68. The number of carbonyl (C=O) groups is 2. The summed E-state index contributed by atoms with van der Waals surface area (Å²) in [5.74, 6) is 0.856. The van der Waals surface area contributed by atoms with E-state index in [9.17, 15) is 9.59 Å². The van der Waals surface area contributed by atoms with Crippen molar-refractivity contribution in [2.75, 3.05) is 13.2 Å². The molecule has 2 rings (SSSR count). The van der Waals surface area contributed by atoms with Crippen molar-refractivity contribution in [3.8, 4) is 11.5 Å². The molecule has 0 unspecified atom stereocenters. The largest absolute Gasteiger partial charge is 0.494 e. The summed E-state index contributed by atoms with van der Waals surface area (Å²) in [4.78, 5) is 24.0. The lowest BCUT2D eigenvalue weighted by molar-refractivity contribution is -0.126. The van der Waals surface area contributed by atoms with Gasteiger partial charge in [0.2, 0.25) is 11.8 Å². The molecular weight excluding hydrogens is 408 g/mol. The van der Waals surface area contributed by atoms with E-state index in [1.54, 1.807) is 13.8 Å². The van der Waals surface area contributed by atoms with E-state index in [4.69, 9.17) is 9.47 Å². The van der Waals surface area contributed by atoms with Gasteiger partial charge in [0.15, 0.2) is 0 Å². The van der Waals surface area contributed by atoms with Crippen molar-refractivity contribution in [2.24, 2.45) is 10.2 Å². The topological polar surface area (TPSA) is 101 Å². The minimum absolute atomic E-state index is 0.00348. The van der Waals surface area contributed by atoms with Crippen molar-refractivity contribution in [2.45, 2.75) is 40.5 Å². The normalized spacial score (nSPS) is 11.6. The van der Waals surface area contributed by atoms with Crippen LogP contribution in [0.25, 0.3) is 0 Å². The van der Waals surface area contributed by atoms with Gasteiger partial charge in [-0.2, -0.15) is 10.2 Å². The number of hydrogen-bond donors (Lipinski definition) is 2. The second kappa shape index (κ2) is 12.9. The standard InChI is InChI=1S/C24H30N4O4/c1-5-31-21-11-7-19(8-12-21)17(3)25-27-23(29)15-16-24(30)28-26-18(4)20-9-13-22(14-10-20)32-6-2/h7-14H,5-6,15-16H2,1-4H3,(H,27,29)(H,28,30). The quantitative estimate of drug-likeness (QED) is 0.413. The second-order valence-corrected chi connectivity index (χ2v) is 6.88. The highest BCUT2D eigenvalue weighted by Gasteiger charge is 2.07. The minimum atomic E-state index is -0.349. The van der Waals surface area contributed by atoms with Gasteiger partial charge in [0.25, 0.3) is 0 Å². The van der Waals surface area contributed by atoms with Crippen LogP contribution in [0.15, 0.2) is 58.7 Å². The molecule has 0 fully saturated rings. The summed E-state index contributed by atoms with van der Waals surface area (Å²) in [7, 11) is 0. The second-order valence-electron chi connectivity index (χ2n) is 6.88. The molecule has 2 aromatic rings. The molecule has 8 heteroatoms. The van der Waals surface area contributed by atoms with Gasteiger partial charge in [0, 0.05) is 12.8 Å². The third-order valence-electron chi connectivity index (χ3n) is 4.44. The third-order valence-corrected chi connectivity index (χ3v) is 4.44. The number of nitrogens with zero attached hydrogens (tertiary/aromatic N) is 2. The molecule has 0 spiro atoms. The Kier molecular flexibility index (Phi) is 9.90. The first-order valence-electron chi connectivity index (χ1n) is 10.6. The van der Waals surface area contributed by atoms with Crippen molar-refractivity contribution >= 4 is 23.2 Å². The first-order valence-corrected chi connectivity index (χ1v) is 10.6. The van der Waals surface area contributed by atoms with Gasteiger partial charge in [-0.3, -0.25) is 9.59 Å². The first-order chi connectivity index (χ1) is 15.4. The van der Waals surface area contributed by atoms with E-state index in [2.05, 4.69) is 21.1 Å². The summed E-state index contributed by atoms with van der Waals surface area (Å²) in [6, 6.07) is 14.9. The SMILES string of the molecule is CCOc1ccc(C(C)=NNC(=O)CCC(=O)NN=C(C)c2ccc(OCC)cc2)cc1. The molecule has 0 aliphatic carbocycles. The van der Waals surface area contributed by atoms with Crippen LogP contribution in [0.1, 0.15) is 51.7 Å². The van der Waals surface area contributed by atoms with Crippen LogP contribution in [0.5, 0.6) is 11.5 Å². The van der Waals surface area contributed by atoms with Crippen molar-refractivity contribution in [3.05, 3.63) is 59.7 Å². The molecule has 8 nitrogen and oxygen atoms in total. The number of nitrogens with one attached hydrogen (secondary N) is 2. The van der Waals surface area contributed by atoms with E-state index < -0.39 is 0 Å². The van der Waals surface area contributed by atoms with Crippen molar-refractivity contribution in [3.63, 3.8) is 0 Å². The molecule has 32 heavy (non-hydrogen) atoms. The Morgan fingerprint density at radius 2 is 1.03 bits per heavy atom. The lowest BCUT2D eigenvalue weighted by Gasteiger charge is -2.06. The van der Waals surface area contributed by atoms with Crippen LogP contribution >= 0.6 is 0 Å². The smallest absolute Gasteiger partial charge is 0.240 e. The van der Waals surface area contributed by atoms with Crippen LogP contribution in [-0.4, -0.2) is 36.5 Å². The number of amides is 2. The molecule has 0 aliphatic heterocycles. The zero-order valence-corrected chi connectivity index (χ0v) is 19.0. The average molecular weight is 439 g/mol. The van der Waals surface area contributed by atoms with Gasteiger partial charge in [0.05, 0.1) is 24.6 Å². The van der Waals surface area contributed by atoms with Crippen LogP contribution in [0.3, 0.4) is 0 Å². The predicted octanol–water partition coefficient (Wildman–Crippen LogP) is 3.64. The van der Waals surface area contributed by atoms with Crippen molar-refractivity contribution in [1.29, 1.82) is 0 Å². The lowest BCUT2D eigenvalue weighted by Crippen LogP contribution is -2.24. The number of carbonyl (C=O) groups excluding carboxylic acids is 2. The molecule has 0 aromatic heterocycles. The molecule has 2 N–H and O–H groups in total. The highest BCUT2D eigenvalue weighted by atomic mass is 16.5. The van der Waals surface area contributed by atoms with E-state index >= 15 is 0 Å². The van der Waals surface area contributed by atoms with E-state index in [0.29, 0.717) is 24.6 Å². The highest BCUT2D eigenvalue weighted by Crippen LogP contribution is 2.13. The fraction of sp³-hybridized carbons (Fsp3) is 0.333. The maximum absolute atomic E-state index is 12.0. The molecule has 0 heterocycles. The van der Waals surface area contributed by atoms with Gasteiger partial charge in [-0.05, 0) is 87.4 Å². The third kappa shape index (κ3) is 8.22. The monoisotopic (exact) mass is 438 g/mol. The van der Waals surface area contributed by atoms with Crippen LogP contribution < -0.4 is 20.3 Å². The zero-order chi connectivity index (χ0) is 23.3. The summed E-state index contributed by atoms with van der Waals surface area (Å²) in [5.41, 5.74) is 7.99. The Bertz CT molecular complexity index is 871. The Morgan fingerprint density at radius 3 is 1.34 bits per heavy atom. The molecule has 0 aliphatic rings. The Labute approximate surface area is 188 Å². The van der Waals surface area contributed by atoms with Gasteiger partial charge in [-0.15, -0.1) is 0 Å². The van der Waals surface area contributed by atoms with Gasteiger partial charge >= 0.3 is 0 Å². The molecule has 2 aromatic carbocycles. The van der Waals surface area contributed by atoms with E-state index in [0.717, 1.165) is 22.6 Å². The summed E-state index contributed by atoms with van der Waals surface area (Å²) >= 11 is 0. The van der Waals surface area contributed by atoms with Gasteiger partial charge in [-0.1, -0.05) is 0 Å². The predicted molar refractivity (Wildman–Crippen MR) is 125 cm³/mol. The molecular formula is C24H30N4O4. The van der Waals surface area contributed by atoms with Gasteiger partial charge in [-0.25, -0.2) is 10.9 Å². The maximum Gasteiger partial charge on any atom is 0.240 e. The van der Waals surface area contributed by atoms with Crippen molar-refractivity contribution < 1.29 is 19.1 Å². The van der Waals surface area contributed by atoms with Crippen LogP contribution in [0.4, 0.5) is 0 Å². The Hall–Kier alpha value is -3.68. The summed E-state index contributed by atoms with van der Waals surface area (Å²) < 4.78 is 10.8. The number of ether oxygens (including phenoxy) is 2. The molecule has 0 saturated heterocycles. The van der Waals surface area contributed by atoms with E-state index in [1.807, 2.05) is 62.4 Å². The highest BCUT2D eigenvalue weighted by molar-refractivity contribution is 6.00. The Balaban J connectivity index is 1.77. The molecule has 2 amide bonds. The minimum Gasteiger partial charge on any atom is -0.494 e. The van der Waals surface area contributed by atoms with Gasteiger partial charge < -0.3 is 9.47 Å². The summed E-state index contributed by atoms with van der Waals surface area (Å²) in [5, 5.41) is 8.18. The molecule has 0 bridgehead atoms. The molecule has 0 radical (unpaired) electrons.